The van der Waals surface area contributed by atoms with E-state index in [0.717, 1.165) is 5.01 Å². The van der Waals surface area contributed by atoms with E-state index in [-0.39, 0.29) is 17.7 Å². The highest BCUT2D eigenvalue weighted by molar-refractivity contribution is 7.15. The number of likely N-dealkylation sites (tertiary alicyclic amines) is 1. The second-order valence-corrected chi connectivity index (χ2v) is 6.66. The highest BCUT2D eigenvalue weighted by Crippen LogP contribution is 2.22. The number of nitrogens with zero attached hydrogens (tertiary/aromatic N) is 4. The molecule has 0 aliphatic carbocycles. The quantitative estimate of drug-likeness (QED) is 0.915. The van der Waals surface area contributed by atoms with Crippen LogP contribution in [0.3, 0.4) is 0 Å². The first kappa shape index (κ1) is 15.6. The lowest BCUT2D eigenvalue weighted by Gasteiger charge is -2.30. The molecule has 0 radical (unpaired) electrons. The fourth-order valence-electron chi connectivity index (χ4n) is 2.57. The maximum Gasteiger partial charge on any atom is 0.259 e. The number of hydrogen-bond acceptors (Lipinski definition) is 7. The highest BCUT2D eigenvalue weighted by atomic mass is 32.1. The van der Waals surface area contributed by atoms with Crippen LogP contribution < -0.4 is 5.32 Å². The average molecular weight is 335 g/mol. The van der Waals surface area contributed by atoms with Gasteiger partial charge in [-0.2, -0.15) is 0 Å². The molecule has 1 saturated heterocycles. The molecule has 122 valence electrons. The van der Waals surface area contributed by atoms with Crippen LogP contribution in [0.15, 0.2) is 10.7 Å². The number of piperidine rings is 1. The molecule has 0 bridgehead atoms. The van der Waals surface area contributed by atoms with E-state index in [1.54, 1.807) is 11.8 Å². The standard InChI is InChI=1S/C14H17N5O3S/c1-8-11(7-15-22-8)13(21)19-5-3-10(4-6-19)12(20)16-14-18-17-9(2)23-14/h7,10H,3-6H2,1-2H3,(H,16,18,20). The van der Waals surface area contributed by atoms with Crippen molar-refractivity contribution in [1.29, 1.82) is 0 Å². The first-order valence-electron chi connectivity index (χ1n) is 7.36. The average Bonchev–Trinajstić information content (AvgIpc) is 3.15. The molecule has 0 spiro atoms. The van der Waals surface area contributed by atoms with E-state index in [2.05, 4.69) is 20.7 Å². The number of amides is 2. The third-order valence-corrected chi connectivity index (χ3v) is 4.64. The Kier molecular flexibility index (Phi) is 4.37. The van der Waals surface area contributed by atoms with Crippen LogP contribution in [-0.2, 0) is 4.79 Å². The van der Waals surface area contributed by atoms with Crippen molar-refractivity contribution in [2.75, 3.05) is 18.4 Å². The smallest absolute Gasteiger partial charge is 0.259 e. The predicted molar refractivity (Wildman–Crippen MR) is 83.1 cm³/mol. The van der Waals surface area contributed by atoms with Crippen molar-refractivity contribution in [3.05, 3.63) is 22.5 Å². The zero-order valence-electron chi connectivity index (χ0n) is 12.9. The first-order chi connectivity index (χ1) is 11.0. The van der Waals surface area contributed by atoms with Gasteiger partial charge in [-0.25, -0.2) is 0 Å². The molecule has 1 N–H and O–H groups in total. The fourth-order valence-corrected chi connectivity index (χ4v) is 3.17. The second kappa shape index (κ2) is 6.45. The fraction of sp³-hybridized carbons (Fsp3) is 0.500. The van der Waals surface area contributed by atoms with Gasteiger partial charge in [-0.05, 0) is 26.7 Å². The summed E-state index contributed by atoms with van der Waals surface area (Å²) in [7, 11) is 0. The topological polar surface area (TPSA) is 101 Å². The van der Waals surface area contributed by atoms with Crippen molar-refractivity contribution in [1.82, 2.24) is 20.3 Å². The molecule has 1 fully saturated rings. The van der Waals surface area contributed by atoms with Crippen molar-refractivity contribution in [3.8, 4) is 0 Å². The predicted octanol–water partition coefficient (Wildman–Crippen LogP) is 1.63. The molecule has 3 heterocycles. The first-order valence-corrected chi connectivity index (χ1v) is 8.18. The Balaban J connectivity index is 1.55. The van der Waals surface area contributed by atoms with E-state index in [0.29, 0.717) is 42.4 Å². The van der Waals surface area contributed by atoms with Crippen molar-refractivity contribution in [2.24, 2.45) is 5.92 Å². The SMILES string of the molecule is Cc1nnc(NC(=O)C2CCN(C(=O)c3cnoc3C)CC2)s1. The molecule has 0 atom stereocenters. The summed E-state index contributed by atoms with van der Waals surface area (Å²) in [5.41, 5.74) is 0.484. The van der Waals surface area contributed by atoms with Crippen LogP contribution in [-0.4, -0.2) is 45.2 Å². The molecule has 9 heteroatoms. The number of nitrogens with one attached hydrogen (secondary N) is 1. The summed E-state index contributed by atoms with van der Waals surface area (Å²) in [5, 5.41) is 15.5. The minimum absolute atomic E-state index is 0.0607. The summed E-state index contributed by atoms with van der Waals surface area (Å²) in [6.45, 7) is 4.63. The van der Waals surface area contributed by atoms with E-state index in [9.17, 15) is 9.59 Å². The molecule has 23 heavy (non-hydrogen) atoms. The molecule has 0 aromatic carbocycles. The number of carbonyl (C=O) groups is 2. The summed E-state index contributed by atoms with van der Waals surface area (Å²) >= 11 is 1.35. The zero-order chi connectivity index (χ0) is 16.4. The summed E-state index contributed by atoms with van der Waals surface area (Å²) in [6.07, 6.45) is 2.69. The van der Waals surface area contributed by atoms with Gasteiger partial charge < -0.3 is 14.7 Å². The van der Waals surface area contributed by atoms with E-state index >= 15 is 0 Å². The number of rotatable bonds is 3. The number of aryl methyl sites for hydroxylation is 2. The maximum absolute atomic E-state index is 12.4. The van der Waals surface area contributed by atoms with Crippen molar-refractivity contribution < 1.29 is 14.1 Å². The third-order valence-electron chi connectivity index (χ3n) is 3.89. The number of anilines is 1. The van der Waals surface area contributed by atoms with Gasteiger partial charge in [0, 0.05) is 19.0 Å². The Hall–Kier alpha value is -2.29. The molecule has 2 amide bonds. The lowest BCUT2D eigenvalue weighted by molar-refractivity contribution is -0.121. The Bertz CT molecular complexity index is 718. The van der Waals surface area contributed by atoms with Gasteiger partial charge >= 0.3 is 0 Å². The van der Waals surface area contributed by atoms with Gasteiger partial charge in [0.05, 0.1) is 6.20 Å². The van der Waals surface area contributed by atoms with Gasteiger partial charge in [-0.1, -0.05) is 16.5 Å². The number of aromatic nitrogens is 3. The molecule has 2 aromatic rings. The molecule has 0 unspecified atom stereocenters. The van der Waals surface area contributed by atoms with Gasteiger partial charge in [0.2, 0.25) is 11.0 Å². The molecule has 3 rings (SSSR count). The summed E-state index contributed by atoms with van der Waals surface area (Å²) in [6, 6.07) is 0. The molecular weight excluding hydrogens is 318 g/mol. The van der Waals surface area contributed by atoms with Crippen molar-refractivity contribution >= 4 is 28.3 Å². The third kappa shape index (κ3) is 3.39. The molecule has 1 aliphatic heterocycles. The molecule has 8 nitrogen and oxygen atoms in total. The van der Waals surface area contributed by atoms with E-state index in [4.69, 9.17) is 4.52 Å². The molecule has 0 saturated carbocycles. The monoisotopic (exact) mass is 335 g/mol. The van der Waals surface area contributed by atoms with Crippen LogP contribution in [0.1, 0.15) is 34.0 Å². The van der Waals surface area contributed by atoms with Crippen molar-refractivity contribution in [2.45, 2.75) is 26.7 Å². The second-order valence-electron chi connectivity index (χ2n) is 5.48. The van der Waals surface area contributed by atoms with Gasteiger partial charge in [-0.15, -0.1) is 10.2 Å². The largest absolute Gasteiger partial charge is 0.361 e. The van der Waals surface area contributed by atoms with E-state index in [1.165, 1.54) is 17.5 Å². The highest BCUT2D eigenvalue weighted by Gasteiger charge is 2.29. The van der Waals surface area contributed by atoms with Gasteiger partial charge in [0.15, 0.2) is 0 Å². The van der Waals surface area contributed by atoms with Gasteiger partial charge in [0.25, 0.3) is 5.91 Å². The van der Waals surface area contributed by atoms with Crippen LogP contribution in [0.4, 0.5) is 5.13 Å². The number of hydrogen-bond donors (Lipinski definition) is 1. The minimum atomic E-state index is -0.119. The molecular formula is C14H17N5O3S. The lowest BCUT2D eigenvalue weighted by Crippen LogP contribution is -2.41. The minimum Gasteiger partial charge on any atom is -0.361 e. The molecule has 2 aromatic heterocycles. The zero-order valence-corrected chi connectivity index (χ0v) is 13.7. The van der Waals surface area contributed by atoms with Crippen molar-refractivity contribution in [3.63, 3.8) is 0 Å². The Morgan fingerprint density at radius 2 is 2.04 bits per heavy atom. The lowest BCUT2D eigenvalue weighted by atomic mass is 9.95. The maximum atomic E-state index is 12.4. The molecule has 1 aliphatic rings. The number of carbonyl (C=O) groups excluding carboxylic acids is 2. The van der Waals surface area contributed by atoms with Crippen LogP contribution in [0.2, 0.25) is 0 Å². The Morgan fingerprint density at radius 3 is 2.61 bits per heavy atom. The normalized spacial score (nSPS) is 15.7. The summed E-state index contributed by atoms with van der Waals surface area (Å²) in [4.78, 5) is 26.3. The van der Waals surface area contributed by atoms with Crippen LogP contribution in [0, 0.1) is 19.8 Å². The summed E-state index contributed by atoms with van der Waals surface area (Å²) < 4.78 is 4.93. The Labute approximate surface area is 136 Å². The van der Waals surface area contributed by atoms with E-state index in [1.807, 2.05) is 6.92 Å². The summed E-state index contributed by atoms with van der Waals surface area (Å²) in [5.74, 6) is 0.241. The van der Waals surface area contributed by atoms with Gasteiger partial charge in [0.1, 0.15) is 16.3 Å². The van der Waals surface area contributed by atoms with Crippen LogP contribution >= 0.6 is 11.3 Å². The van der Waals surface area contributed by atoms with Gasteiger partial charge in [-0.3, -0.25) is 9.59 Å². The Morgan fingerprint density at radius 1 is 1.30 bits per heavy atom. The van der Waals surface area contributed by atoms with Crippen LogP contribution in [0.25, 0.3) is 0 Å². The van der Waals surface area contributed by atoms with E-state index < -0.39 is 0 Å². The van der Waals surface area contributed by atoms with Crippen LogP contribution in [0.5, 0.6) is 0 Å².